The Morgan fingerprint density at radius 2 is 1.56 bits per heavy atom. The Labute approximate surface area is 158 Å². The zero-order chi connectivity index (χ0) is 19.2. The number of ether oxygens (including phenoxy) is 2. The predicted molar refractivity (Wildman–Crippen MR) is 103 cm³/mol. The van der Waals surface area contributed by atoms with E-state index in [9.17, 15) is 9.59 Å². The van der Waals surface area contributed by atoms with Crippen LogP contribution in [0.1, 0.15) is 23.5 Å². The highest BCUT2D eigenvalue weighted by molar-refractivity contribution is 5.97. The number of nitrogens with one attached hydrogen (secondary N) is 1. The van der Waals surface area contributed by atoms with Gasteiger partial charge in [0.15, 0.2) is 5.92 Å². The molecule has 0 fully saturated rings. The summed E-state index contributed by atoms with van der Waals surface area (Å²) in [6, 6.07) is 17.9. The Kier molecular flexibility index (Phi) is 5.91. The molecule has 0 amide bonds. The van der Waals surface area contributed by atoms with E-state index in [1.54, 1.807) is 0 Å². The van der Waals surface area contributed by atoms with Crippen LogP contribution in [-0.2, 0) is 25.5 Å². The van der Waals surface area contributed by atoms with E-state index in [4.69, 9.17) is 9.47 Å². The molecule has 0 aliphatic heterocycles. The minimum Gasteiger partial charge on any atom is -0.468 e. The van der Waals surface area contributed by atoms with Crippen molar-refractivity contribution in [3.05, 3.63) is 71.9 Å². The van der Waals surface area contributed by atoms with Gasteiger partial charge in [-0.25, -0.2) is 0 Å². The quantitative estimate of drug-likeness (QED) is 0.510. The number of hydrogen-bond acceptors (Lipinski definition) is 4. The maximum atomic E-state index is 12.5. The number of esters is 2. The Balaban J connectivity index is 2.01. The minimum absolute atomic E-state index is 0.360. The van der Waals surface area contributed by atoms with E-state index >= 15 is 0 Å². The van der Waals surface area contributed by atoms with Crippen LogP contribution in [0.4, 0.5) is 0 Å². The van der Waals surface area contributed by atoms with Gasteiger partial charge in [0.25, 0.3) is 0 Å². The molecule has 0 aliphatic carbocycles. The van der Waals surface area contributed by atoms with Crippen molar-refractivity contribution in [1.82, 2.24) is 4.98 Å². The fourth-order valence-corrected chi connectivity index (χ4v) is 3.55. The largest absolute Gasteiger partial charge is 0.468 e. The first kappa shape index (κ1) is 18.7. The van der Waals surface area contributed by atoms with Crippen molar-refractivity contribution in [2.45, 2.75) is 18.8 Å². The Hall–Kier alpha value is -3.08. The molecule has 0 saturated heterocycles. The maximum Gasteiger partial charge on any atom is 0.320 e. The molecule has 1 aromatic heterocycles. The number of aromatic amines is 1. The van der Waals surface area contributed by atoms with Crippen LogP contribution >= 0.6 is 0 Å². The number of para-hydroxylation sites is 1. The molecule has 0 aliphatic rings. The van der Waals surface area contributed by atoms with Crippen LogP contribution in [0.3, 0.4) is 0 Å². The molecule has 1 heterocycles. The number of methoxy groups -OCH3 is 2. The first-order chi connectivity index (χ1) is 13.2. The molecule has 1 unspecified atom stereocenters. The molecular weight excluding hydrogens is 342 g/mol. The normalized spacial score (nSPS) is 12.1. The van der Waals surface area contributed by atoms with Crippen molar-refractivity contribution in [3.63, 3.8) is 0 Å². The molecule has 0 radical (unpaired) electrons. The number of hydrogen-bond donors (Lipinski definition) is 1. The second-order valence-electron chi connectivity index (χ2n) is 6.44. The SMILES string of the molecule is COC(=O)C(C(=O)OC)C(CCc1ccccc1)c1c[nH]c2ccccc12. The van der Waals surface area contributed by atoms with Gasteiger partial charge in [-0.15, -0.1) is 0 Å². The lowest BCUT2D eigenvalue weighted by Crippen LogP contribution is -2.32. The molecule has 5 nitrogen and oxygen atoms in total. The van der Waals surface area contributed by atoms with Gasteiger partial charge in [-0.05, 0) is 30.0 Å². The number of aryl methyl sites for hydroxylation is 1. The summed E-state index contributed by atoms with van der Waals surface area (Å²) in [7, 11) is 2.59. The molecule has 140 valence electrons. The standard InChI is InChI=1S/C22H23NO4/c1-26-21(24)20(22(25)27-2)17(13-12-15-8-4-3-5-9-15)18-14-23-19-11-7-6-10-16(18)19/h3-11,14,17,20,23H,12-13H2,1-2H3. The van der Waals surface area contributed by atoms with Crippen molar-refractivity contribution in [2.24, 2.45) is 5.92 Å². The summed E-state index contributed by atoms with van der Waals surface area (Å²) in [6.45, 7) is 0. The number of fused-ring (bicyclic) bond motifs is 1. The average Bonchev–Trinajstić information content (AvgIpc) is 3.14. The fourth-order valence-electron chi connectivity index (χ4n) is 3.55. The molecule has 27 heavy (non-hydrogen) atoms. The van der Waals surface area contributed by atoms with Crippen LogP contribution in [0.15, 0.2) is 60.8 Å². The van der Waals surface area contributed by atoms with Crippen LogP contribution in [0.5, 0.6) is 0 Å². The van der Waals surface area contributed by atoms with Gasteiger partial charge in [0.05, 0.1) is 14.2 Å². The zero-order valence-corrected chi connectivity index (χ0v) is 15.5. The van der Waals surface area contributed by atoms with Gasteiger partial charge in [0.1, 0.15) is 0 Å². The lowest BCUT2D eigenvalue weighted by Gasteiger charge is -2.23. The molecule has 3 aromatic rings. The lowest BCUT2D eigenvalue weighted by molar-refractivity contribution is -0.160. The smallest absolute Gasteiger partial charge is 0.320 e. The molecular formula is C22H23NO4. The summed E-state index contributed by atoms with van der Waals surface area (Å²) in [6.07, 6.45) is 3.22. The Morgan fingerprint density at radius 3 is 2.22 bits per heavy atom. The van der Waals surface area contributed by atoms with Crippen LogP contribution in [0, 0.1) is 5.92 Å². The number of aromatic nitrogens is 1. The third-order valence-electron chi connectivity index (χ3n) is 4.92. The minimum atomic E-state index is -1.01. The summed E-state index contributed by atoms with van der Waals surface area (Å²) < 4.78 is 9.86. The van der Waals surface area contributed by atoms with E-state index in [1.807, 2.05) is 60.8 Å². The number of carbonyl (C=O) groups excluding carboxylic acids is 2. The van der Waals surface area contributed by atoms with Crippen LogP contribution in [0.2, 0.25) is 0 Å². The number of rotatable bonds is 7. The summed E-state index contributed by atoms with van der Waals surface area (Å²) in [4.78, 5) is 28.2. The number of benzene rings is 2. The van der Waals surface area contributed by atoms with Crippen molar-refractivity contribution < 1.29 is 19.1 Å². The summed E-state index contributed by atoms with van der Waals surface area (Å²) in [5, 5.41) is 0.994. The highest BCUT2D eigenvalue weighted by Crippen LogP contribution is 2.36. The molecule has 0 spiro atoms. The Morgan fingerprint density at radius 1 is 0.926 bits per heavy atom. The van der Waals surface area contributed by atoms with Crippen molar-refractivity contribution in [3.8, 4) is 0 Å². The van der Waals surface area contributed by atoms with E-state index < -0.39 is 17.9 Å². The summed E-state index contributed by atoms with van der Waals surface area (Å²) >= 11 is 0. The first-order valence-corrected chi connectivity index (χ1v) is 8.91. The highest BCUT2D eigenvalue weighted by atomic mass is 16.5. The molecule has 3 rings (SSSR count). The third-order valence-corrected chi connectivity index (χ3v) is 4.92. The summed E-state index contributed by atoms with van der Waals surface area (Å²) in [5.41, 5.74) is 3.03. The molecule has 1 N–H and O–H groups in total. The average molecular weight is 365 g/mol. The number of carbonyl (C=O) groups is 2. The predicted octanol–water partition coefficient (Wildman–Crippen LogP) is 3.85. The van der Waals surface area contributed by atoms with Gasteiger partial charge in [0, 0.05) is 23.0 Å². The van der Waals surface area contributed by atoms with Crippen molar-refractivity contribution >= 4 is 22.8 Å². The van der Waals surface area contributed by atoms with Gasteiger partial charge in [-0.1, -0.05) is 48.5 Å². The Bertz CT molecular complexity index is 900. The summed E-state index contributed by atoms with van der Waals surface area (Å²) in [5.74, 6) is -2.53. The van der Waals surface area contributed by atoms with E-state index in [1.165, 1.54) is 14.2 Å². The van der Waals surface area contributed by atoms with Gasteiger partial charge in [0.2, 0.25) is 0 Å². The van der Waals surface area contributed by atoms with Gasteiger partial charge >= 0.3 is 11.9 Å². The molecule has 1 atom stereocenters. The molecule has 0 bridgehead atoms. The molecule has 5 heteroatoms. The second kappa shape index (κ2) is 8.54. The fraction of sp³-hybridized carbons (Fsp3) is 0.273. The van der Waals surface area contributed by atoms with Crippen molar-refractivity contribution in [1.29, 1.82) is 0 Å². The third kappa shape index (κ3) is 4.03. The van der Waals surface area contributed by atoms with Crippen LogP contribution < -0.4 is 0 Å². The van der Waals surface area contributed by atoms with Gasteiger partial charge < -0.3 is 14.5 Å². The first-order valence-electron chi connectivity index (χ1n) is 8.91. The number of H-pyrrole nitrogens is 1. The van der Waals surface area contributed by atoms with Gasteiger partial charge in [-0.3, -0.25) is 9.59 Å². The topological polar surface area (TPSA) is 68.4 Å². The molecule has 2 aromatic carbocycles. The lowest BCUT2D eigenvalue weighted by atomic mass is 9.81. The van der Waals surface area contributed by atoms with E-state index in [2.05, 4.69) is 4.98 Å². The van der Waals surface area contributed by atoms with Crippen molar-refractivity contribution in [2.75, 3.05) is 14.2 Å². The van der Waals surface area contributed by atoms with E-state index in [-0.39, 0.29) is 5.92 Å². The monoisotopic (exact) mass is 365 g/mol. The van der Waals surface area contributed by atoms with E-state index in [0.717, 1.165) is 28.5 Å². The highest BCUT2D eigenvalue weighted by Gasteiger charge is 2.38. The second-order valence-corrected chi connectivity index (χ2v) is 6.44. The zero-order valence-electron chi connectivity index (χ0n) is 15.5. The van der Waals surface area contributed by atoms with Gasteiger partial charge in [-0.2, -0.15) is 0 Å². The van der Waals surface area contributed by atoms with E-state index in [0.29, 0.717) is 6.42 Å². The maximum absolute atomic E-state index is 12.5. The molecule has 0 saturated carbocycles. The van der Waals surface area contributed by atoms with Crippen LogP contribution in [-0.4, -0.2) is 31.1 Å². The van der Waals surface area contributed by atoms with Crippen LogP contribution in [0.25, 0.3) is 10.9 Å².